The maximum Gasteiger partial charge on any atom is 0.344 e. The van der Waals surface area contributed by atoms with E-state index in [9.17, 15) is 19.5 Å². The van der Waals surface area contributed by atoms with Gasteiger partial charge in [-0.1, -0.05) is 30.8 Å². The van der Waals surface area contributed by atoms with Crippen molar-refractivity contribution in [3.8, 4) is 5.75 Å². The van der Waals surface area contributed by atoms with Gasteiger partial charge in [0.25, 0.3) is 0 Å². The summed E-state index contributed by atoms with van der Waals surface area (Å²) < 4.78 is 14.8. The van der Waals surface area contributed by atoms with Gasteiger partial charge < -0.3 is 19.3 Å². The topological polar surface area (TPSA) is 111 Å². The number of aliphatic hydroxyl groups excluding tert-OH is 1. The van der Waals surface area contributed by atoms with Crippen LogP contribution in [-0.2, 0) is 23.9 Å². The molecule has 2 rings (SSSR count). The van der Waals surface area contributed by atoms with E-state index in [4.69, 9.17) is 9.47 Å². The summed E-state index contributed by atoms with van der Waals surface area (Å²) in [5.41, 5.74) is 0.582. The quantitative estimate of drug-likeness (QED) is 0.671. The van der Waals surface area contributed by atoms with Crippen molar-refractivity contribution < 1.29 is 33.7 Å². The Bertz CT molecular complexity index is 885. The molecule has 0 atom stereocenters. The third kappa shape index (κ3) is 5.95. The summed E-state index contributed by atoms with van der Waals surface area (Å²) in [6.07, 6.45) is 1.81. The van der Waals surface area contributed by atoms with Gasteiger partial charge in [0.05, 0.1) is 18.6 Å². The molecule has 0 saturated carbocycles. The Hall–Kier alpha value is -3.07. The van der Waals surface area contributed by atoms with E-state index >= 15 is 0 Å². The molecule has 0 unspecified atom stereocenters. The van der Waals surface area contributed by atoms with Crippen LogP contribution in [0.3, 0.4) is 0 Å². The van der Waals surface area contributed by atoms with Crippen molar-refractivity contribution in [2.75, 3.05) is 20.3 Å². The first-order chi connectivity index (χ1) is 13.9. The molecule has 0 saturated heterocycles. The average Bonchev–Trinajstić information content (AvgIpc) is 3.01. The second-order valence-electron chi connectivity index (χ2n) is 5.65. The lowest BCUT2D eigenvalue weighted by Gasteiger charge is -2.05. The number of esters is 2. The Balaban J connectivity index is 2.27. The number of amides is 1. The molecule has 1 aromatic carbocycles. The van der Waals surface area contributed by atoms with Gasteiger partial charge in [-0.15, -0.1) is 0 Å². The van der Waals surface area contributed by atoms with Crippen molar-refractivity contribution in [1.29, 1.82) is 0 Å². The smallest absolute Gasteiger partial charge is 0.344 e. The Labute approximate surface area is 172 Å². The molecule has 0 fully saturated rings. The van der Waals surface area contributed by atoms with Crippen LogP contribution in [0, 0.1) is 0 Å². The summed E-state index contributed by atoms with van der Waals surface area (Å²) in [5, 5.41) is 10.6. The van der Waals surface area contributed by atoms with Crippen LogP contribution in [0.25, 0.3) is 6.08 Å². The number of carbonyl (C=O) groups excluding carboxylic acids is 3. The number of methoxy groups -OCH3 is 1. The zero-order valence-electron chi connectivity index (χ0n) is 16.3. The number of nitrogens with zero attached hydrogens (tertiary/aromatic N) is 1. The molecule has 8 nitrogen and oxygen atoms in total. The Morgan fingerprint density at radius 2 is 1.86 bits per heavy atom. The van der Waals surface area contributed by atoms with Crippen LogP contribution >= 0.6 is 11.8 Å². The molecule has 1 aliphatic heterocycles. The van der Waals surface area contributed by atoms with E-state index in [1.807, 2.05) is 0 Å². The lowest BCUT2D eigenvalue weighted by atomic mass is 10.1. The molecule has 1 heterocycles. The highest BCUT2D eigenvalue weighted by atomic mass is 32.2. The molecule has 0 aliphatic carbocycles. The second kappa shape index (κ2) is 10.5. The van der Waals surface area contributed by atoms with Gasteiger partial charge in [-0.3, -0.25) is 4.79 Å². The number of hydrogen-bond donors (Lipinski definition) is 1. The first-order valence-electron chi connectivity index (χ1n) is 8.81. The summed E-state index contributed by atoms with van der Waals surface area (Å²) in [4.78, 5) is 39.3. The molecular formula is C20H21NO7S. The SMILES string of the molecule is CCOC(=O)C1=C(O)/C(=C/c2ccc(OCC(=O)OC)cc2)SC1=NC(=O)CC. The summed E-state index contributed by atoms with van der Waals surface area (Å²) in [6.45, 7) is 3.22. The Morgan fingerprint density at radius 3 is 2.45 bits per heavy atom. The molecular weight excluding hydrogens is 398 g/mol. The van der Waals surface area contributed by atoms with Crippen LogP contribution in [0.1, 0.15) is 25.8 Å². The van der Waals surface area contributed by atoms with Gasteiger partial charge in [-0.2, -0.15) is 0 Å². The van der Waals surface area contributed by atoms with Gasteiger partial charge in [0.1, 0.15) is 22.1 Å². The van der Waals surface area contributed by atoms with Crippen molar-refractivity contribution in [3.05, 3.63) is 46.1 Å². The Morgan fingerprint density at radius 1 is 1.17 bits per heavy atom. The van der Waals surface area contributed by atoms with E-state index < -0.39 is 17.8 Å². The van der Waals surface area contributed by atoms with Crippen molar-refractivity contribution >= 4 is 40.7 Å². The maximum absolute atomic E-state index is 12.2. The number of carbonyl (C=O) groups is 3. The number of aliphatic hydroxyl groups is 1. The van der Waals surface area contributed by atoms with E-state index in [2.05, 4.69) is 9.73 Å². The highest BCUT2D eigenvalue weighted by Crippen LogP contribution is 2.39. The fraction of sp³-hybridized carbons (Fsp3) is 0.300. The zero-order chi connectivity index (χ0) is 21.4. The third-order valence-electron chi connectivity index (χ3n) is 3.66. The summed E-state index contributed by atoms with van der Waals surface area (Å²) in [7, 11) is 1.27. The lowest BCUT2D eigenvalue weighted by molar-refractivity contribution is -0.143. The predicted molar refractivity (Wildman–Crippen MR) is 109 cm³/mol. The molecule has 9 heteroatoms. The molecule has 1 aliphatic rings. The highest BCUT2D eigenvalue weighted by Gasteiger charge is 2.33. The number of rotatable bonds is 7. The minimum absolute atomic E-state index is 0.108. The van der Waals surface area contributed by atoms with Crippen LogP contribution < -0.4 is 4.74 Å². The zero-order valence-corrected chi connectivity index (χ0v) is 17.1. The molecule has 1 N–H and O–H groups in total. The average molecular weight is 419 g/mol. The van der Waals surface area contributed by atoms with Gasteiger partial charge in [-0.05, 0) is 30.7 Å². The predicted octanol–water partition coefficient (Wildman–Crippen LogP) is 3.04. The van der Waals surface area contributed by atoms with E-state index in [-0.39, 0.29) is 36.0 Å². The van der Waals surface area contributed by atoms with E-state index in [1.54, 1.807) is 44.2 Å². The number of aliphatic imine (C=N–C) groups is 1. The fourth-order valence-electron chi connectivity index (χ4n) is 2.20. The standard InChI is InChI=1S/C20H21NO7S/c1-4-15(22)21-19-17(20(25)27-5-2)18(24)14(29-19)10-12-6-8-13(9-7-12)28-11-16(23)26-3/h6-10,24H,4-5,11H2,1-3H3/b14-10-,21-19?. The lowest BCUT2D eigenvalue weighted by Crippen LogP contribution is -2.14. The maximum atomic E-state index is 12.2. The minimum Gasteiger partial charge on any atom is -0.506 e. The van der Waals surface area contributed by atoms with Crippen LogP contribution in [0.5, 0.6) is 5.75 Å². The van der Waals surface area contributed by atoms with Gasteiger partial charge in [0.15, 0.2) is 6.61 Å². The summed E-state index contributed by atoms with van der Waals surface area (Å²) in [5.74, 6) is -1.46. The van der Waals surface area contributed by atoms with Gasteiger partial charge in [-0.25, -0.2) is 14.6 Å². The summed E-state index contributed by atoms with van der Waals surface area (Å²) in [6, 6.07) is 6.73. The normalized spacial score (nSPS) is 16.2. The van der Waals surface area contributed by atoms with Crippen molar-refractivity contribution in [1.82, 2.24) is 0 Å². The molecule has 0 aromatic heterocycles. The molecule has 154 valence electrons. The second-order valence-corrected chi connectivity index (χ2v) is 6.68. The van der Waals surface area contributed by atoms with Gasteiger partial charge in [0, 0.05) is 6.42 Å². The number of thioether (sulfide) groups is 1. The van der Waals surface area contributed by atoms with Crippen LogP contribution in [-0.4, -0.2) is 48.3 Å². The van der Waals surface area contributed by atoms with E-state index in [0.29, 0.717) is 16.2 Å². The highest BCUT2D eigenvalue weighted by molar-refractivity contribution is 8.18. The molecule has 0 bridgehead atoms. The monoisotopic (exact) mass is 419 g/mol. The molecule has 0 radical (unpaired) electrons. The molecule has 1 amide bonds. The third-order valence-corrected chi connectivity index (χ3v) is 4.68. The number of hydrogen-bond acceptors (Lipinski definition) is 8. The van der Waals surface area contributed by atoms with Crippen LogP contribution in [0.15, 0.2) is 45.5 Å². The molecule has 29 heavy (non-hydrogen) atoms. The molecule has 1 aromatic rings. The van der Waals surface area contributed by atoms with Gasteiger partial charge in [0.2, 0.25) is 5.91 Å². The first kappa shape index (κ1) is 22.2. The van der Waals surface area contributed by atoms with E-state index in [1.165, 1.54) is 7.11 Å². The van der Waals surface area contributed by atoms with Gasteiger partial charge >= 0.3 is 11.9 Å². The summed E-state index contributed by atoms with van der Waals surface area (Å²) >= 11 is 1.01. The van der Waals surface area contributed by atoms with Crippen LogP contribution in [0.2, 0.25) is 0 Å². The number of benzene rings is 1. The van der Waals surface area contributed by atoms with E-state index in [0.717, 1.165) is 11.8 Å². The van der Waals surface area contributed by atoms with Crippen molar-refractivity contribution in [2.45, 2.75) is 20.3 Å². The van der Waals surface area contributed by atoms with Crippen LogP contribution in [0.4, 0.5) is 0 Å². The fourth-order valence-corrected chi connectivity index (χ4v) is 3.23. The number of ether oxygens (including phenoxy) is 3. The molecule has 0 spiro atoms. The minimum atomic E-state index is -0.741. The van der Waals surface area contributed by atoms with Crippen molar-refractivity contribution in [2.24, 2.45) is 4.99 Å². The van der Waals surface area contributed by atoms with Crippen molar-refractivity contribution in [3.63, 3.8) is 0 Å². The largest absolute Gasteiger partial charge is 0.506 e. The first-order valence-corrected chi connectivity index (χ1v) is 9.63. The Kier molecular flexibility index (Phi) is 8.02.